The summed E-state index contributed by atoms with van der Waals surface area (Å²) in [6.45, 7) is 5.53. The molecular weight excluding hydrogens is 242 g/mol. The Kier molecular flexibility index (Phi) is 2.93. The van der Waals surface area contributed by atoms with E-state index in [4.69, 9.17) is 0 Å². The lowest BCUT2D eigenvalue weighted by Gasteiger charge is -2.14. The molecule has 0 aliphatic carbocycles. The number of likely N-dealkylation sites (tertiary alicyclic amines) is 1. The first-order valence-corrected chi connectivity index (χ1v) is 5.88. The number of aryl methyl sites for hydroxylation is 2. The van der Waals surface area contributed by atoms with Gasteiger partial charge in [0.2, 0.25) is 0 Å². The summed E-state index contributed by atoms with van der Waals surface area (Å²) in [4.78, 5) is 2.49. The molecule has 0 aromatic carbocycles. The molecule has 2 heterocycles. The predicted molar refractivity (Wildman–Crippen MR) is 60.2 cm³/mol. The summed E-state index contributed by atoms with van der Waals surface area (Å²) in [5, 5.41) is 4.40. The molecule has 1 aromatic rings. The molecule has 1 aliphatic rings. The maximum Gasteiger partial charge on any atom is 0.0739 e. The summed E-state index contributed by atoms with van der Waals surface area (Å²) < 4.78 is 3.16. The van der Waals surface area contributed by atoms with Gasteiger partial charge in [0, 0.05) is 13.6 Å². The Morgan fingerprint density at radius 2 is 2.00 bits per heavy atom. The van der Waals surface area contributed by atoms with Crippen molar-refractivity contribution < 1.29 is 0 Å². The highest BCUT2D eigenvalue weighted by molar-refractivity contribution is 9.10. The molecule has 4 heteroatoms. The number of rotatable bonds is 2. The van der Waals surface area contributed by atoms with E-state index in [1.54, 1.807) is 0 Å². The third-order valence-corrected chi connectivity index (χ3v) is 3.87. The average molecular weight is 258 g/mol. The van der Waals surface area contributed by atoms with Crippen molar-refractivity contribution in [3.63, 3.8) is 0 Å². The van der Waals surface area contributed by atoms with Crippen LogP contribution in [-0.2, 0) is 13.6 Å². The molecule has 0 amide bonds. The summed E-state index contributed by atoms with van der Waals surface area (Å²) in [5.41, 5.74) is 2.38. The molecule has 1 aromatic heterocycles. The normalized spacial score (nSPS) is 17.9. The molecule has 0 spiro atoms. The number of hydrogen-bond acceptors (Lipinski definition) is 2. The lowest BCUT2D eigenvalue weighted by Crippen LogP contribution is -2.20. The minimum absolute atomic E-state index is 1.03. The number of halogens is 1. The second-order valence-electron chi connectivity index (χ2n) is 3.95. The van der Waals surface area contributed by atoms with Gasteiger partial charge in [-0.15, -0.1) is 0 Å². The molecule has 0 radical (unpaired) electrons. The minimum Gasteiger partial charge on any atom is -0.297 e. The maximum absolute atomic E-state index is 4.40. The third kappa shape index (κ3) is 1.86. The highest BCUT2D eigenvalue weighted by atomic mass is 79.9. The van der Waals surface area contributed by atoms with Crippen molar-refractivity contribution >= 4 is 15.9 Å². The zero-order valence-corrected chi connectivity index (χ0v) is 10.3. The summed E-state index contributed by atoms with van der Waals surface area (Å²) >= 11 is 3.60. The fourth-order valence-corrected chi connectivity index (χ4v) is 2.47. The van der Waals surface area contributed by atoms with Gasteiger partial charge in [-0.2, -0.15) is 5.10 Å². The van der Waals surface area contributed by atoms with Crippen LogP contribution in [0.5, 0.6) is 0 Å². The smallest absolute Gasteiger partial charge is 0.0739 e. The summed E-state index contributed by atoms with van der Waals surface area (Å²) in [7, 11) is 2.02. The van der Waals surface area contributed by atoms with Crippen molar-refractivity contribution in [2.45, 2.75) is 26.3 Å². The van der Waals surface area contributed by atoms with Gasteiger partial charge in [0.25, 0.3) is 0 Å². The second kappa shape index (κ2) is 4.03. The van der Waals surface area contributed by atoms with Gasteiger partial charge in [0.15, 0.2) is 0 Å². The van der Waals surface area contributed by atoms with Gasteiger partial charge in [-0.05, 0) is 48.8 Å². The van der Waals surface area contributed by atoms with Gasteiger partial charge in [-0.3, -0.25) is 9.58 Å². The number of hydrogen-bond donors (Lipinski definition) is 0. The molecule has 0 atom stereocenters. The second-order valence-corrected chi connectivity index (χ2v) is 4.75. The minimum atomic E-state index is 1.03. The molecule has 14 heavy (non-hydrogen) atoms. The van der Waals surface area contributed by atoms with Crippen molar-refractivity contribution in [3.8, 4) is 0 Å². The Labute approximate surface area is 93.2 Å². The SMILES string of the molecule is Cc1nn(C)c(CN2CCCC2)c1Br. The van der Waals surface area contributed by atoms with Gasteiger partial charge >= 0.3 is 0 Å². The summed E-state index contributed by atoms with van der Waals surface area (Å²) in [6, 6.07) is 0. The van der Waals surface area contributed by atoms with E-state index in [0.717, 1.165) is 12.2 Å². The molecule has 78 valence electrons. The Balaban J connectivity index is 2.14. The first kappa shape index (κ1) is 10.2. The van der Waals surface area contributed by atoms with Crippen LogP contribution < -0.4 is 0 Å². The first-order chi connectivity index (χ1) is 6.68. The number of aromatic nitrogens is 2. The van der Waals surface area contributed by atoms with Gasteiger partial charge in [-0.1, -0.05) is 0 Å². The Hall–Kier alpha value is -0.350. The van der Waals surface area contributed by atoms with Crippen molar-refractivity contribution in [1.29, 1.82) is 0 Å². The maximum atomic E-state index is 4.40. The van der Waals surface area contributed by atoms with Gasteiger partial charge < -0.3 is 0 Å². The molecule has 0 unspecified atom stereocenters. The van der Waals surface area contributed by atoms with E-state index in [-0.39, 0.29) is 0 Å². The van der Waals surface area contributed by atoms with Crippen molar-refractivity contribution in [3.05, 3.63) is 15.9 Å². The van der Waals surface area contributed by atoms with E-state index < -0.39 is 0 Å². The highest BCUT2D eigenvalue weighted by Gasteiger charge is 2.17. The molecule has 0 N–H and O–H groups in total. The monoisotopic (exact) mass is 257 g/mol. The van der Waals surface area contributed by atoms with E-state index in [1.165, 1.54) is 36.1 Å². The molecule has 1 aliphatic heterocycles. The van der Waals surface area contributed by atoms with Crippen LogP contribution >= 0.6 is 15.9 Å². The molecule has 0 saturated carbocycles. The van der Waals surface area contributed by atoms with Crippen LogP contribution in [0, 0.1) is 6.92 Å². The quantitative estimate of drug-likeness (QED) is 0.809. The third-order valence-electron chi connectivity index (χ3n) is 2.83. The van der Waals surface area contributed by atoms with Crippen LogP contribution in [0.25, 0.3) is 0 Å². The largest absolute Gasteiger partial charge is 0.297 e. The topological polar surface area (TPSA) is 21.1 Å². The standard InChI is InChI=1S/C10H16BrN3/c1-8-10(11)9(13(2)12-8)7-14-5-3-4-6-14/h3-7H2,1-2H3. The lowest BCUT2D eigenvalue weighted by atomic mass is 10.3. The van der Waals surface area contributed by atoms with Crippen LogP contribution in [-0.4, -0.2) is 27.8 Å². The predicted octanol–water partition coefficient (Wildman–Crippen LogP) is 2.09. The van der Waals surface area contributed by atoms with E-state index in [1.807, 2.05) is 18.7 Å². The molecule has 3 nitrogen and oxygen atoms in total. The summed E-state index contributed by atoms with van der Waals surface area (Å²) in [5.74, 6) is 0. The van der Waals surface area contributed by atoms with Crippen molar-refractivity contribution in [2.24, 2.45) is 7.05 Å². The van der Waals surface area contributed by atoms with Crippen LogP contribution in [0.3, 0.4) is 0 Å². The first-order valence-electron chi connectivity index (χ1n) is 5.09. The number of nitrogens with zero attached hydrogens (tertiary/aromatic N) is 3. The molecule has 0 bridgehead atoms. The van der Waals surface area contributed by atoms with Crippen molar-refractivity contribution in [1.82, 2.24) is 14.7 Å². The van der Waals surface area contributed by atoms with E-state index in [2.05, 4.69) is 25.9 Å². The average Bonchev–Trinajstić information content (AvgIpc) is 2.71. The van der Waals surface area contributed by atoms with Crippen LogP contribution in [0.15, 0.2) is 4.47 Å². The summed E-state index contributed by atoms with van der Waals surface area (Å²) in [6.07, 6.45) is 2.68. The Morgan fingerprint density at radius 1 is 1.36 bits per heavy atom. The Bertz CT molecular complexity index is 326. The van der Waals surface area contributed by atoms with E-state index in [9.17, 15) is 0 Å². The van der Waals surface area contributed by atoms with Gasteiger partial charge in [-0.25, -0.2) is 0 Å². The zero-order valence-electron chi connectivity index (χ0n) is 8.76. The fraction of sp³-hybridized carbons (Fsp3) is 0.700. The fourth-order valence-electron chi connectivity index (χ4n) is 2.00. The molecule has 2 rings (SSSR count). The zero-order chi connectivity index (χ0) is 10.1. The van der Waals surface area contributed by atoms with E-state index >= 15 is 0 Å². The highest BCUT2D eigenvalue weighted by Crippen LogP contribution is 2.22. The van der Waals surface area contributed by atoms with Crippen LogP contribution in [0.1, 0.15) is 24.2 Å². The molecule has 1 saturated heterocycles. The van der Waals surface area contributed by atoms with Gasteiger partial charge in [0.1, 0.15) is 0 Å². The van der Waals surface area contributed by atoms with Crippen LogP contribution in [0.4, 0.5) is 0 Å². The van der Waals surface area contributed by atoms with Crippen molar-refractivity contribution in [2.75, 3.05) is 13.1 Å². The van der Waals surface area contributed by atoms with Crippen LogP contribution in [0.2, 0.25) is 0 Å². The Morgan fingerprint density at radius 3 is 2.50 bits per heavy atom. The van der Waals surface area contributed by atoms with E-state index in [0.29, 0.717) is 0 Å². The lowest BCUT2D eigenvalue weighted by molar-refractivity contribution is 0.320. The van der Waals surface area contributed by atoms with Gasteiger partial charge in [0.05, 0.1) is 15.9 Å². The molecular formula is C10H16BrN3. The molecule has 1 fully saturated rings.